The van der Waals surface area contributed by atoms with Crippen LogP contribution in [0.25, 0.3) is 0 Å². The summed E-state index contributed by atoms with van der Waals surface area (Å²) in [7, 11) is 0.661. The van der Waals surface area contributed by atoms with E-state index in [0.717, 1.165) is 0 Å². The first-order chi connectivity index (χ1) is 9.01. The molecule has 0 aromatic rings. The molecule has 5 heteroatoms. The first-order valence-corrected chi connectivity index (χ1v) is 8.43. The minimum absolute atomic E-state index is 0.461. The first-order valence-electron chi connectivity index (χ1n) is 7.62. The van der Waals surface area contributed by atoms with E-state index in [1.165, 1.54) is 32.1 Å². The van der Waals surface area contributed by atoms with Gasteiger partial charge in [-0.15, -0.1) is 0 Å². The molecule has 1 saturated carbocycles. The van der Waals surface area contributed by atoms with Crippen LogP contribution in [0.2, 0.25) is 0 Å². The normalized spacial score (nSPS) is 18.9. The van der Waals surface area contributed by atoms with Crippen molar-refractivity contribution in [3.63, 3.8) is 0 Å². The van der Waals surface area contributed by atoms with Crippen molar-refractivity contribution in [2.45, 2.75) is 77.4 Å². The van der Waals surface area contributed by atoms with Gasteiger partial charge in [-0.1, -0.05) is 19.3 Å². The Morgan fingerprint density at radius 2 is 1.58 bits per heavy atom. The molecule has 1 rings (SSSR count). The molecule has 19 heavy (non-hydrogen) atoms. The molecule has 0 bridgehead atoms. The van der Waals surface area contributed by atoms with Crippen LogP contribution in [-0.2, 0) is 13.9 Å². The average Bonchev–Trinajstić information content (AvgIpc) is 2.40. The second-order valence-electron chi connectivity index (χ2n) is 5.68. The summed E-state index contributed by atoms with van der Waals surface area (Å²) in [4.78, 5) is 0. The van der Waals surface area contributed by atoms with Crippen LogP contribution in [0.5, 0.6) is 0 Å². The fourth-order valence-corrected chi connectivity index (χ4v) is 2.97. The summed E-state index contributed by atoms with van der Waals surface area (Å²) < 4.78 is 17.8. The number of rotatable bonds is 8. The predicted octanol–water partition coefficient (Wildman–Crippen LogP) is 1.71. The van der Waals surface area contributed by atoms with Gasteiger partial charge in [0.15, 0.2) is 0 Å². The summed E-state index contributed by atoms with van der Waals surface area (Å²) in [5, 5.41) is 3.62. The zero-order valence-electron chi connectivity index (χ0n) is 13.3. The van der Waals surface area contributed by atoms with Crippen LogP contribution in [0.1, 0.15) is 59.8 Å². The molecule has 1 aliphatic rings. The minimum Gasteiger partial charge on any atom is -0.416 e. The monoisotopic (exact) mass is 289 g/mol. The van der Waals surface area contributed by atoms with Crippen LogP contribution in [0.3, 0.4) is 0 Å². The lowest BCUT2D eigenvalue weighted by Crippen LogP contribution is -2.67. The third kappa shape index (κ3) is 4.26. The van der Waals surface area contributed by atoms with Crippen molar-refractivity contribution in [3.8, 4) is 0 Å². The van der Waals surface area contributed by atoms with E-state index in [0.29, 0.717) is 29.7 Å². The fraction of sp³-hybridized carbons (Fsp3) is 1.00. The largest absolute Gasteiger partial charge is 0.416 e. The maximum Gasteiger partial charge on any atom is 0.256 e. The van der Waals surface area contributed by atoms with Gasteiger partial charge in [-0.2, -0.15) is 0 Å². The van der Waals surface area contributed by atoms with E-state index < -0.39 is 11.5 Å². The minimum atomic E-state index is -0.833. The van der Waals surface area contributed by atoms with Crippen LogP contribution >= 0.6 is 0 Å². The molecule has 0 amide bonds. The van der Waals surface area contributed by atoms with Gasteiger partial charge in [0.05, 0.1) is 0 Å². The Bertz CT molecular complexity index is 249. The molecule has 4 nitrogen and oxygen atoms in total. The van der Waals surface area contributed by atoms with Crippen molar-refractivity contribution in [1.29, 1.82) is 0 Å². The smallest absolute Gasteiger partial charge is 0.256 e. The van der Waals surface area contributed by atoms with Gasteiger partial charge < -0.3 is 13.9 Å². The van der Waals surface area contributed by atoms with Crippen molar-refractivity contribution >= 4 is 10.5 Å². The summed E-state index contributed by atoms with van der Waals surface area (Å²) >= 11 is 0. The van der Waals surface area contributed by atoms with Gasteiger partial charge in [-0.05, 0) is 40.5 Å². The lowest BCUT2D eigenvalue weighted by molar-refractivity contribution is -0.323. The highest BCUT2D eigenvalue weighted by Crippen LogP contribution is 2.31. The van der Waals surface area contributed by atoms with Crippen molar-refractivity contribution in [1.82, 2.24) is 5.32 Å². The summed E-state index contributed by atoms with van der Waals surface area (Å²) in [6, 6.07) is 0.461. The van der Waals surface area contributed by atoms with Gasteiger partial charge in [0, 0.05) is 19.3 Å². The van der Waals surface area contributed by atoms with E-state index in [1.54, 1.807) is 0 Å². The van der Waals surface area contributed by atoms with Crippen LogP contribution in [-0.4, -0.2) is 41.3 Å². The Morgan fingerprint density at radius 3 is 2.00 bits per heavy atom. The Morgan fingerprint density at radius 1 is 1.05 bits per heavy atom. The van der Waals surface area contributed by atoms with Gasteiger partial charge in [-0.3, -0.25) is 5.32 Å². The zero-order valence-corrected chi connectivity index (χ0v) is 15.3. The standard InChI is InChI=1S/C14H31NO3Si/c1-5-16-14(17-6-2,13(3,4)18-19)15-12-10-8-7-9-11-12/h12,15H,5-11H2,1-4,19H3. The Balaban J connectivity index is 2.86. The molecular formula is C14H31NO3Si. The molecule has 1 N–H and O–H groups in total. The Hall–Kier alpha value is 0.0569. The van der Waals surface area contributed by atoms with Gasteiger partial charge in [0.25, 0.3) is 5.91 Å². The molecule has 0 radical (unpaired) electrons. The highest BCUT2D eigenvalue weighted by molar-refractivity contribution is 5.98. The summed E-state index contributed by atoms with van der Waals surface area (Å²) in [5.41, 5.74) is -0.483. The topological polar surface area (TPSA) is 39.7 Å². The van der Waals surface area contributed by atoms with E-state index >= 15 is 0 Å². The second-order valence-corrected chi connectivity index (χ2v) is 6.08. The molecule has 0 unspecified atom stereocenters. The molecular weight excluding hydrogens is 258 g/mol. The Labute approximate surface area is 121 Å². The maximum atomic E-state index is 5.99. The first kappa shape index (κ1) is 17.1. The molecule has 0 saturated heterocycles. The molecule has 0 aromatic carbocycles. The maximum absolute atomic E-state index is 5.99. The third-order valence-electron chi connectivity index (χ3n) is 4.00. The number of ether oxygens (including phenoxy) is 2. The lowest BCUT2D eigenvalue weighted by Gasteiger charge is -2.47. The van der Waals surface area contributed by atoms with E-state index in [4.69, 9.17) is 13.9 Å². The van der Waals surface area contributed by atoms with Gasteiger partial charge >= 0.3 is 0 Å². The fourth-order valence-electron chi connectivity index (χ4n) is 2.70. The molecule has 114 valence electrons. The second kappa shape index (κ2) is 7.74. The third-order valence-corrected chi connectivity index (χ3v) is 5.02. The SMILES string of the molecule is CCOC(NC1CCCCC1)(OCC)C(C)(C)O[SiH3]. The summed E-state index contributed by atoms with van der Waals surface area (Å²) in [5.74, 6) is -0.833. The van der Waals surface area contributed by atoms with Crippen LogP contribution in [0, 0.1) is 0 Å². The Kier molecular flexibility index (Phi) is 6.97. The molecule has 0 aliphatic heterocycles. The summed E-state index contributed by atoms with van der Waals surface area (Å²) in [6.45, 7) is 9.30. The quantitative estimate of drug-likeness (QED) is 0.545. The molecule has 1 fully saturated rings. The van der Waals surface area contributed by atoms with Crippen LogP contribution in [0.15, 0.2) is 0 Å². The average molecular weight is 289 g/mol. The number of hydrogen-bond donors (Lipinski definition) is 1. The van der Waals surface area contributed by atoms with Crippen LogP contribution in [0.4, 0.5) is 0 Å². The van der Waals surface area contributed by atoms with Crippen molar-refractivity contribution in [2.24, 2.45) is 0 Å². The van der Waals surface area contributed by atoms with E-state index in [-0.39, 0.29) is 0 Å². The number of hydrogen-bond acceptors (Lipinski definition) is 4. The molecule has 1 aliphatic carbocycles. The van der Waals surface area contributed by atoms with Gasteiger partial charge in [0.1, 0.15) is 16.1 Å². The summed E-state index contributed by atoms with van der Waals surface area (Å²) in [6.07, 6.45) is 6.30. The highest BCUT2D eigenvalue weighted by Gasteiger charge is 2.48. The lowest BCUT2D eigenvalue weighted by atomic mass is 9.93. The number of nitrogens with one attached hydrogen (secondary N) is 1. The van der Waals surface area contributed by atoms with E-state index in [2.05, 4.69) is 5.32 Å². The van der Waals surface area contributed by atoms with Gasteiger partial charge in [0.2, 0.25) is 0 Å². The predicted molar refractivity (Wildman–Crippen MR) is 81.1 cm³/mol. The molecule has 0 atom stereocenters. The highest BCUT2D eigenvalue weighted by atomic mass is 28.2. The molecule has 0 spiro atoms. The van der Waals surface area contributed by atoms with Crippen molar-refractivity contribution in [3.05, 3.63) is 0 Å². The molecule has 0 aromatic heterocycles. The molecule has 0 heterocycles. The van der Waals surface area contributed by atoms with E-state index in [1.807, 2.05) is 27.7 Å². The van der Waals surface area contributed by atoms with Crippen LogP contribution < -0.4 is 5.32 Å². The van der Waals surface area contributed by atoms with Crippen molar-refractivity contribution in [2.75, 3.05) is 13.2 Å². The van der Waals surface area contributed by atoms with E-state index in [9.17, 15) is 0 Å². The zero-order chi connectivity index (χ0) is 14.4. The van der Waals surface area contributed by atoms with Crippen molar-refractivity contribution < 1.29 is 13.9 Å². The van der Waals surface area contributed by atoms with Gasteiger partial charge in [-0.25, -0.2) is 0 Å².